The van der Waals surface area contributed by atoms with E-state index in [1.807, 2.05) is 4.57 Å². The molecule has 0 bridgehead atoms. The summed E-state index contributed by atoms with van der Waals surface area (Å²) in [5.41, 5.74) is 0.976. The number of carbonyl (C=O) groups excluding carboxylic acids is 1. The van der Waals surface area contributed by atoms with Crippen molar-refractivity contribution in [1.29, 1.82) is 0 Å². The van der Waals surface area contributed by atoms with Gasteiger partial charge in [-0.15, -0.1) is 0 Å². The maximum absolute atomic E-state index is 10.1. The zero-order valence-electron chi connectivity index (χ0n) is 7.10. The second kappa shape index (κ2) is 4.49. The van der Waals surface area contributed by atoms with Crippen molar-refractivity contribution in [1.82, 2.24) is 9.55 Å². The number of imidazole rings is 1. The van der Waals surface area contributed by atoms with Gasteiger partial charge in [-0.3, -0.25) is 4.79 Å². The van der Waals surface area contributed by atoms with Gasteiger partial charge < -0.3 is 4.57 Å². The Morgan fingerprint density at radius 1 is 1.67 bits per heavy atom. The molecule has 0 aliphatic heterocycles. The Morgan fingerprint density at radius 3 is 3.17 bits per heavy atom. The zero-order chi connectivity index (χ0) is 8.81. The molecule has 1 aromatic heterocycles. The molecule has 1 heterocycles. The Kier molecular flexibility index (Phi) is 3.26. The summed E-state index contributed by atoms with van der Waals surface area (Å²) in [6.45, 7) is 3.05. The van der Waals surface area contributed by atoms with Gasteiger partial charge in [0.1, 0.15) is 6.29 Å². The van der Waals surface area contributed by atoms with Crippen LogP contribution in [0.5, 0.6) is 0 Å². The molecule has 0 aliphatic carbocycles. The van der Waals surface area contributed by atoms with E-state index in [2.05, 4.69) is 11.9 Å². The van der Waals surface area contributed by atoms with Crippen LogP contribution in [0.3, 0.4) is 0 Å². The van der Waals surface area contributed by atoms with Crippen molar-refractivity contribution >= 4 is 12.4 Å². The standard InChI is InChI=1S/C9H12N2O/c1-2-5-11-8-10-7-9(11)4-3-6-12/h3-4,6-8H,2,5H2,1H3. The van der Waals surface area contributed by atoms with Crippen LogP contribution in [0.25, 0.3) is 6.08 Å². The second-order valence-electron chi connectivity index (χ2n) is 2.51. The first kappa shape index (κ1) is 8.71. The highest BCUT2D eigenvalue weighted by Crippen LogP contribution is 2.02. The fourth-order valence-electron chi connectivity index (χ4n) is 1.04. The van der Waals surface area contributed by atoms with Crippen LogP contribution in [-0.4, -0.2) is 15.8 Å². The van der Waals surface area contributed by atoms with Crippen LogP contribution in [0, 0.1) is 0 Å². The minimum atomic E-state index is 0.767. The summed E-state index contributed by atoms with van der Waals surface area (Å²) in [6, 6.07) is 0. The van der Waals surface area contributed by atoms with E-state index in [0.29, 0.717) is 0 Å². The summed E-state index contributed by atoms with van der Waals surface area (Å²) in [4.78, 5) is 14.0. The summed E-state index contributed by atoms with van der Waals surface area (Å²) in [6.07, 6.45) is 8.59. The number of aromatic nitrogens is 2. The van der Waals surface area contributed by atoms with E-state index in [1.54, 1.807) is 18.6 Å². The largest absolute Gasteiger partial charge is 0.331 e. The predicted molar refractivity (Wildman–Crippen MR) is 47.6 cm³/mol. The van der Waals surface area contributed by atoms with Crippen molar-refractivity contribution in [3.63, 3.8) is 0 Å². The van der Waals surface area contributed by atoms with Crippen molar-refractivity contribution in [2.45, 2.75) is 19.9 Å². The van der Waals surface area contributed by atoms with Crippen molar-refractivity contribution in [3.05, 3.63) is 24.3 Å². The molecule has 0 saturated heterocycles. The molecule has 12 heavy (non-hydrogen) atoms. The molecule has 0 aliphatic rings. The minimum absolute atomic E-state index is 0.767. The van der Waals surface area contributed by atoms with E-state index < -0.39 is 0 Å². The van der Waals surface area contributed by atoms with Crippen LogP contribution in [-0.2, 0) is 11.3 Å². The lowest BCUT2D eigenvalue weighted by atomic mass is 10.4. The fourth-order valence-corrected chi connectivity index (χ4v) is 1.04. The molecule has 3 heteroatoms. The Balaban J connectivity index is 2.76. The first-order valence-electron chi connectivity index (χ1n) is 4.00. The molecule has 0 N–H and O–H groups in total. The van der Waals surface area contributed by atoms with Gasteiger partial charge in [-0.05, 0) is 18.6 Å². The number of allylic oxidation sites excluding steroid dienone is 1. The van der Waals surface area contributed by atoms with Crippen LogP contribution < -0.4 is 0 Å². The highest BCUT2D eigenvalue weighted by atomic mass is 16.1. The van der Waals surface area contributed by atoms with Gasteiger partial charge in [0.2, 0.25) is 0 Å². The molecule has 0 fully saturated rings. The molecule has 64 valence electrons. The Labute approximate surface area is 71.7 Å². The predicted octanol–water partition coefficient (Wildman–Crippen LogP) is 1.51. The molecule has 0 amide bonds. The maximum Gasteiger partial charge on any atom is 0.142 e. The SMILES string of the molecule is CCCn1cncc1C=CC=O. The number of hydrogen-bond acceptors (Lipinski definition) is 2. The number of aldehydes is 1. The third-order valence-electron chi connectivity index (χ3n) is 1.55. The van der Waals surface area contributed by atoms with E-state index in [0.717, 1.165) is 24.9 Å². The molecule has 0 unspecified atom stereocenters. The lowest BCUT2D eigenvalue weighted by Crippen LogP contribution is -1.96. The van der Waals surface area contributed by atoms with Gasteiger partial charge in [0, 0.05) is 6.54 Å². The van der Waals surface area contributed by atoms with Gasteiger partial charge in [0.05, 0.1) is 18.2 Å². The van der Waals surface area contributed by atoms with Gasteiger partial charge in [-0.1, -0.05) is 6.92 Å². The lowest BCUT2D eigenvalue weighted by molar-refractivity contribution is -0.104. The number of carbonyl (C=O) groups is 1. The van der Waals surface area contributed by atoms with Crippen LogP contribution >= 0.6 is 0 Å². The smallest absolute Gasteiger partial charge is 0.142 e. The first-order chi connectivity index (χ1) is 5.88. The highest BCUT2D eigenvalue weighted by molar-refractivity contribution is 5.72. The molecule has 0 aromatic carbocycles. The van der Waals surface area contributed by atoms with Gasteiger partial charge in [0.25, 0.3) is 0 Å². The monoisotopic (exact) mass is 164 g/mol. The van der Waals surface area contributed by atoms with Crippen LogP contribution in [0.15, 0.2) is 18.6 Å². The zero-order valence-corrected chi connectivity index (χ0v) is 7.10. The lowest BCUT2D eigenvalue weighted by Gasteiger charge is -2.00. The Morgan fingerprint density at radius 2 is 2.50 bits per heavy atom. The van der Waals surface area contributed by atoms with E-state index in [-0.39, 0.29) is 0 Å². The molecule has 0 saturated carbocycles. The van der Waals surface area contributed by atoms with Gasteiger partial charge in [-0.2, -0.15) is 0 Å². The third-order valence-corrected chi connectivity index (χ3v) is 1.55. The highest BCUT2D eigenvalue weighted by Gasteiger charge is 1.94. The molecule has 0 atom stereocenters. The van der Waals surface area contributed by atoms with Gasteiger partial charge >= 0.3 is 0 Å². The molecule has 0 radical (unpaired) electrons. The average molecular weight is 164 g/mol. The van der Waals surface area contributed by atoms with Crippen LogP contribution in [0.2, 0.25) is 0 Å². The number of hydrogen-bond donors (Lipinski definition) is 0. The molecule has 3 nitrogen and oxygen atoms in total. The van der Waals surface area contributed by atoms with Crippen LogP contribution in [0.4, 0.5) is 0 Å². The fraction of sp³-hybridized carbons (Fsp3) is 0.333. The summed E-state index contributed by atoms with van der Waals surface area (Å²) in [7, 11) is 0. The van der Waals surface area contributed by atoms with Crippen molar-refractivity contribution in [3.8, 4) is 0 Å². The van der Waals surface area contributed by atoms with Crippen LogP contribution in [0.1, 0.15) is 19.0 Å². The summed E-state index contributed by atoms with van der Waals surface area (Å²) in [5.74, 6) is 0. The molecule has 1 aromatic rings. The molecular formula is C9H12N2O. The van der Waals surface area contributed by atoms with Gasteiger partial charge in [0.15, 0.2) is 0 Å². The Bertz CT molecular complexity index is 276. The Hall–Kier alpha value is -1.38. The number of nitrogens with zero attached hydrogens (tertiary/aromatic N) is 2. The molecule has 1 rings (SSSR count). The molecular weight excluding hydrogens is 152 g/mol. The summed E-state index contributed by atoms with van der Waals surface area (Å²) >= 11 is 0. The summed E-state index contributed by atoms with van der Waals surface area (Å²) < 4.78 is 2.01. The van der Waals surface area contributed by atoms with E-state index in [9.17, 15) is 4.79 Å². The van der Waals surface area contributed by atoms with Gasteiger partial charge in [-0.25, -0.2) is 4.98 Å². The maximum atomic E-state index is 10.1. The van der Waals surface area contributed by atoms with Crippen molar-refractivity contribution in [2.24, 2.45) is 0 Å². The molecule has 0 spiro atoms. The van der Waals surface area contributed by atoms with Crippen molar-refractivity contribution < 1.29 is 4.79 Å². The first-order valence-corrected chi connectivity index (χ1v) is 4.00. The topological polar surface area (TPSA) is 34.9 Å². The minimum Gasteiger partial charge on any atom is -0.331 e. The van der Waals surface area contributed by atoms with E-state index >= 15 is 0 Å². The third kappa shape index (κ3) is 2.05. The average Bonchev–Trinajstić information content (AvgIpc) is 2.50. The quantitative estimate of drug-likeness (QED) is 0.499. The van der Waals surface area contributed by atoms with Crippen molar-refractivity contribution in [2.75, 3.05) is 0 Å². The summed E-state index contributed by atoms with van der Waals surface area (Å²) in [5, 5.41) is 0. The number of rotatable bonds is 4. The number of aryl methyl sites for hydroxylation is 1. The van der Waals surface area contributed by atoms with E-state index in [1.165, 1.54) is 6.08 Å². The normalized spacial score (nSPS) is 10.8. The van der Waals surface area contributed by atoms with E-state index in [4.69, 9.17) is 0 Å². The second-order valence-corrected chi connectivity index (χ2v) is 2.51.